The molecule has 0 aliphatic carbocycles. The number of hydrogen-bond acceptors (Lipinski definition) is 3. The molecule has 20 heavy (non-hydrogen) atoms. The van der Waals surface area contributed by atoms with E-state index < -0.39 is 6.48 Å². The molecule has 0 spiro atoms. The Morgan fingerprint density at radius 2 is 1.25 bits per heavy atom. The molecule has 3 nitrogen and oxygen atoms in total. The number of benzene rings is 2. The second-order valence-corrected chi connectivity index (χ2v) is 4.68. The fourth-order valence-corrected chi connectivity index (χ4v) is 2.42. The molecule has 1 fully saturated rings. The van der Waals surface area contributed by atoms with Gasteiger partial charge in [-0.15, -0.1) is 0 Å². The Morgan fingerprint density at radius 1 is 0.800 bits per heavy atom. The van der Waals surface area contributed by atoms with Crippen LogP contribution in [0.25, 0.3) is 0 Å². The van der Waals surface area contributed by atoms with E-state index in [4.69, 9.17) is 14.2 Å². The SMILES string of the molecule is CCOC1O[C@H](c2ccccc2)[C@H](c2ccccc2)O1. The Bertz CT molecular complexity index is 479. The molecule has 0 saturated carbocycles. The molecule has 1 heterocycles. The number of ether oxygens (including phenoxy) is 3. The van der Waals surface area contributed by atoms with E-state index in [1.54, 1.807) is 0 Å². The summed E-state index contributed by atoms with van der Waals surface area (Å²) in [6, 6.07) is 20.2. The van der Waals surface area contributed by atoms with Gasteiger partial charge in [0.1, 0.15) is 12.2 Å². The van der Waals surface area contributed by atoms with Crippen LogP contribution in [0.2, 0.25) is 0 Å². The maximum absolute atomic E-state index is 5.91. The van der Waals surface area contributed by atoms with Crippen LogP contribution in [0.3, 0.4) is 0 Å². The molecule has 1 aliphatic rings. The molecule has 3 rings (SSSR count). The molecular formula is C17H18O3. The summed E-state index contributed by atoms with van der Waals surface area (Å²) in [6.45, 7) is 1.89. The van der Waals surface area contributed by atoms with Crippen LogP contribution in [-0.4, -0.2) is 13.1 Å². The lowest BCUT2D eigenvalue weighted by molar-refractivity contribution is -0.241. The maximum Gasteiger partial charge on any atom is 0.273 e. The third kappa shape index (κ3) is 2.75. The lowest BCUT2D eigenvalue weighted by Crippen LogP contribution is -2.12. The quantitative estimate of drug-likeness (QED) is 0.845. The van der Waals surface area contributed by atoms with Crippen LogP contribution in [-0.2, 0) is 14.2 Å². The molecule has 0 amide bonds. The summed E-state index contributed by atoms with van der Waals surface area (Å²) in [5.41, 5.74) is 2.20. The van der Waals surface area contributed by atoms with E-state index in [1.165, 1.54) is 0 Å². The monoisotopic (exact) mass is 270 g/mol. The average molecular weight is 270 g/mol. The molecule has 1 aliphatic heterocycles. The highest BCUT2D eigenvalue weighted by molar-refractivity contribution is 5.26. The van der Waals surface area contributed by atoms with Crippen molar-refractivity contribution in [3.63, 3.8) is 0 Å². The van der Waals surface area contributed by atoms with E-state index in [2.05, 4.69) is 24.3 Å². The second kappa shape index (κ2) is 6.18. The van der Waals surface area contributed by atoms with Gasteiger partial charge in [-0.3, -0.25) is 0 Å². The van der Waals surface area contributed by atoms with Gasteiger partial charge < -0.3 is 14.2 Å². The van der Waals surface area contributed by atoms with Crippen molar-refractivity contribution < 1.29 is 14.2 Å². The van der Waals surface area contributed by atoms with E-state index in [0.717, 1.165) is 11.1 Å². The van der Waals surface area contributed by atoms with E-state index in [1.807, 2.05) is 43.3 Å². The Kier molecular flexibility index (Phi) is 4.11. The molecule has 3 atom stereocenters. The predicted molar refractivity (Wildman–Crippen MR) is 76.0 cm³/mol. The van der Waals surface area contributed by atoms with Gasteiger partial charge in [0.25, 0.3) is 6.48 Å². The van der Waals surface area contributed by atoms with Crippen LogP contribution in [0.1, 0.15) is 30.3 Å². The molecule has 0 N–H and O–H groups in total. The first-order chi connectivity index (χ1) is 9.88. The molecule has 0 bridgehead atoms. The molecule has 3 heteroatoms. The molecule has 104 valence electrons. The summed E-state index contributed by atoms with van der Waals surface area (Å²) >= 11 is 0. The minimum Gasteiger partial charge on any atom is -0.330 e. The highest BCUT2D eigenvalue weighted by atomic mass is 16.9. The normalized spacial score (nSPS) is 25.8. The summed E-state index contributed by atoms with van der Waals surface area (Å²) in [5.74, 6) is 0. The maximum atomic E-state index is 5.91. The summed E-state index contributed by atoms with van der Waals surface area (Å²) in [5, 5.41) is 0. The summed E-state index contributed by atoms with van der Waals surface area (Å²) < 4.78 is 17.3. The lowest BCUT2D eigenvalue weighted by atomic mass is 9.99. The fourth-order valence-electron chi connectivity index (χ4n) is 2.42. The van der Waals surface area contributed by atoms with Crippen molar-refractivity contribution in [3.8, 4) is 0 Å². The average Bonchev–Trinajstić information content (AvgIpc) is 2.93. The number of hydrogen-bond donors (Lipinski definition) is 0. The number of rotatable bonds is 4. The van der Waals surface area contributed by atoms with Crippen molar-refractivity contribution in [1.82, 2.24) is 0 Å². The largest absolute Gasteiger partial charge is 0.330 e. The van der Waals surface area contributed by atoms with E-state index in [0.29, 0.717) is 6.61 Å². The lowest BCUT2D eigenvalue weighted by Gasteiger charge is -2.16. The van der Waals surface area contributed by atoms with Gasteiger partial charge >= 0.3 is 0 Å². The molecule has 1 saturated heterocycles. The third-order valence-electron chi connectivity index (χ3n) is 3.35. The molecule has 2 aromatic carbocycles. The van der Waals surface area contributed by atoms with E-state index in [-0.39, 0.29) is 12.2 Å². The predicted octanol–water partition coefficient (Wildman–Crippen LogP) is 3.84. The molecule has 0 aromatic heterocycles. The molecule has 0 radical (unpaired) electrons. The van der Waals surface area contributed by atoms with E-state index >= 15 is 0 Å². The van der Waals surface area contributed by atoms with Gasteiger partial charge in [0.2, 0.25) is 0 Å². The van der Waals surface area contributed by atoms with Gasteiger partial charge in [0, 0.05) is 6.61 Å². The van der Waals surface area contributed by atoms with Gasteiger partial charge in [0.15, 0.2) is 0 Å². The molecule has 2 aromatic rings. The first kappa shape index (κ1) is 13.3. The molecular weight excluding hydrogens is 252 g/mol. The van der Waals surface area contributed by atoms with Gasteiger partial charge in [0.05, 0.1) is 0 Å². The standard InChI is InChI=1S/C17H18O3/c1-2-18-17-19-15(13-9-5-3-6-10-13)16(20-17)14-11-7-4-8-12-14/h3-12,15-17H,2H2,1H3/t15-,16+,17?. The van der Waals surface area contributed by atoms with Crippen molar-refractivity contribution in [2.45, 2.75) is 25.6 Å². The van der Waals surface area contributed by atoms with Crippen LogP contribution in [0.15, 0.2) is 60.7 Å². The van der Waals surface area contributed by atoms with Crippen molar-refractivity contribution in [2.24, 2.45) is 0 Å². The Hall–Kier alpha value is -1.68. The fraction of sp³-hybridized carbons (Fsp3) is 0.294. The highest BCUT2D eigenvalue weighted by Crippen LogP contribution is 2.42. The first-order valence-corrected chi connectivity index (χ1v) is 6.91. The van der Waals surface area contributed by atoms with Crippen molar-refractivity contribution >= 4 is 0 Å². The van der Waals surface area contributed by atoms with Crippen LogP contribution in [0.4, 0.5) is 0 Å². The van der Waals surface area contributed by atoms with Gasteiger partial charge in [-0.2, -0.15) is 0 Å². The van der Waals surface area contributed by atoms with Gasteiger partial charge in [-0.05, 0) is 18.1 Å². The topological polar surface area (TPSA) is 27.7 Å². The zero-order chi connectivity index (χ0) is 13.8. The first-order valence-electron chi connectivity index (χ1n) is 6.91. The summed E-state index contributed by atoms with van der Waals surface area (Å²) in [6.07, 6.45) is -0.287. The van der Waals surface area contributed by atoms with Crippen LogP contribution in [0, 0.1) is 0 Å². The van der Waals surface area contributed by atoms with Crippen molar-refractivity contribution in [1.29, 1.82) is 0 Å². The van der Waals surface area contributed by atoms with Crippen LogP contribution < -0.4 is 0 Å². The van der Waals surface area contributed by atoms with Crippen molar-refractivity contribution in [3.05, 3.63) is 71.8 Å². The molecule has 1 unspecified atom stereocenters. The highest BCUT2D eigenvalue weighted by Gasteiger charge is 2.38. The third-order valence-corrected chi connectivity index (χ3v) is 3.35. The van der Waals surface area contributed by atoms with Gasteiger partial charge in [-0.1, -0.05) is 60.7 Å². The Labute approximate surface area is 119 Å². The van der Waals surface area contributed by atoms with Crippen LogP contribution >= 0.6 is 0 Å². The summed E-state index contributed by atoms with van der Waals surface area (Å²) in [4.78, 5) is 0. The van der Waals surface area contributed by atoms with Crippen LogP contribution in [0.5, 0.6) is 0 Å². The van der Waals surface area contributed by atoms with E-state index in [9.17, 15) is 0 Å². The smallest absolute Gasteiger partial charge is 0.273 e. The Balaban J connectivity index is 1.89. The Morgan fingerprint density at radius 3 is 1.65 bits per heavy atom. The minimum atomic E-state index is -0.601. The minimum absolute atomic E-state index is 0.143. The van der Waals surface area contributed by atoms with Crippen molar-refractivity contribution in [2.75, 3.05) is 6.61 Å². The zero-order valence-corrected chi connectivity index (χ0v) is 11.4. The van der Waals surface area contributed by atoms with Gasteiger partial charge in [-0.25, -0.2) is 0 Å². The summed E-state index contributed by atoms with van der Waals surface area (Å²) in [7, 11) is 0. The second-order valence-electron chi connectivity index (χ2n) is 4.68. The zero-order valence-electron chi connectivity index (χ0n) is 11.4.